The number of nitrogens with zero attached hydrogens (tertiary/aromatic N) is 4. The van der Waals surface area contributed by atoms with Crippen LogP contribution >= 0.6 is 0 Å². The molecule has 3 aromatic rings. The van der Waals surface area contributed by atoms with Gasteiger partial charge < -0.3 is 10.3 Å². The van der Waals surface area contributed by atoms with E-state index in [4.69, 9.17) is 5.73 Å². The molecule has 5 nitrogen and oxygen atoms in total. The van der Waals surface area contributed by atoms with E-state index in [9.17, 15) is 0 Å². The van der Waals surface area contributed by atoms with E-state index < -0.39 is 0 Å². The maximum atomic E-state index is 6.03. The molecule has 1 fully saturated rings. The monoisotopic (exact) mass is 251 g/mol. The number of rotatable bonds is 2. The van der Waals surface area contributed by atoms with Crippen LogP contribution in [0.25, 0.3) is 22.7 Å². The maximum absolute atomic E-state index is 6.03. The van der Waals surface area contributed by atoms with Crippen LogP contribution < -0.4 is 5.73 Å². The van der Waals surface area contributed by atoms with Crippen molar-refractivity contribution in [2.45, 2.75) is 18.9 Å². The average Bonchev–Trinajstić information content (AvgIpc) is 3.19. The van der Waals surface area contributed by atoms with Crippen molar-refractivity contribution in [1.29, 1.82) is 0 Å². The Labute approximate surface area is 110 Å². The van der Waals surface area contributed by atoms with Gasteiger partial charge in [-0.05, 0) is 37.1 Å². The molecule has 0 radical (unpaired) electrons. The van der Waals surface area contributed by atoms with Gasteiger partial charge in [-0.3, -0.25) is 4.98 Å². The van der Waals surface area contributed by atoms with Crippen molar-refractivity contribution in [1.82, 2.24) is 19.5 Å². The first-order chi connectivity index (χ1) is 9.34. The van der Waals surface area contributed by atoms with E-state index in [0.29, 0.717) is 11.7 Å². The highest BCUT2D eigenvalue weighted by atomic mass is 15.2. The number of nitrogens with two attached hydrogens (primary N) is 1. The minimum atomic E-state index is 0.483. The second-order valence-corrected chi connectivity index (χ2v) is 4.82. The van der Waals surface area contributed by atoms with Crippen molar-refractivity contribution >= 4 is 16.9 Å². The molecule has 0 atom stereocenters. The molecule has 0 unspecified atom stereocenters. The van der Waals surface area contributed by atoms with Crippen LogP contribution in [0.5, 0.6) is 0 Å². The number of hydrogen-bond acceptors (Lipinski definition) is 4. The first kappa shape index (κ1) is 10.5. The van der Waals surface area contributed by atoms with Crippen LogP contribution in [-0.4, -0.2) is 19.5 Å². The Balaban J connectivity index is 2.04. The summed E-state index contributed by atoms with van der Waals surface area (Å²) in [7, 11) is 0. The Kier molecular flexibility index (Phi) is 2.09. The van der Waals surface area contributed by atoms with Gasteiger partial charge in [0.15, 0.2) is 11.5 Å². The van der Waals surface area contributed by atoms with Crippen LogP contribution in [0.15, 0.2) is 36.7 Å². The molecule has 0 saturated heterocycles. The lowest BCUT2D eigenvalue weighted by Gasteiger charge is -2.07. The lowest BCUT2D eigenvalue weighted by Crippen LogP contribution is -2.02. The smallest absolute Gasteiger partial charge is 0.163 e. The molecule has 1 aliphatic rings. The predicted octanol–water partition coefficient (Wildman–Crippen LogP) is 2.41. The second-order valence-electron chi connectivity index (χ2n) is 4.82. The number of hydrogen-bond donors (Lipinski definition) is 1. The summed E-state index contributed by atoms with van der Waals surface area (Å²) >= 11 is 0. The number of nitrogen functional groups attached to an aromatic ring is 1. The van der Waals surface area contributed by atoms with E-state index in [1.807, 2.05) is 24.3 Å². The molecular formula is C14H13N5. The lowest BCUT2D eigenvalue weighted by atomic mass is 10.3. The Bertz CT molecular complexity index is 757. The fourth-order valence-electron chi connectivity index (χ4n) is 2.38. The molecule has 3 heterocycles. The third kappa shape index (κ3) is 1.58. The highest BCUT2D eigenvalue weighted by Crippen LogP contribution is 2.41. The summed E-state index contributed by atoms with van der Waals surface area (Å²) in [4.78, 5) is 13.5. The van der Waals surface area contributed by atoms with E-state index in [1.165, 1.54) is 12.8 Å². The quantitative estimate of drug-likeness (QED) is 0.759. The van der Waals surface area contributed by atoms with Crippen LogP contribution in [-0.2, 0) is 0 Å². The normalized spacial score (nSPS) is 14.9. The molecule has 4 rings (SSSR count). The summed E-state index contributed by atoms with van der Waals surface area (Å²) in [5.41, 5.74) is 9.24. The SMILES string of the molecule is Nc1cccnc1-c1nc2cccnc2n1C1CC1. The van der Waals surface area contributed by atoms with Gasteiger partial charge >= 0.3 is 0 Å². The zero-order valence-corrected chi connectivity index (χ0v) is 10.3. The van der Waals surface area contributed by atoms with Crippen LogP contribution in [0, 0.1) is 0 Å². The van der Waals surface area contributed by atoms with E-state index >= 15 is 0 Å². The highest BCUT2D eigenvalue weighted by Gasteiger charge is 2.30. The summed E-state index contributed by atoms with van der Waals surface area (Å²) < 4.78 is 2.17. The van der Waals surface area contributed by atoms with E-state index in [0.717, 1.165) is 22.7 Å². The molecule has 1 aliphatic carbocycles. The van der Waals surface area contributed by atoms with Crippen molar-refractivity contribution in [2.75, 3.05) is 5.73 Å². The Morgan fingerprint density at radius 3 is 2.68 bits per heavy atom. The Morgan fingerprint density at radius 2 is 1.89 bits per heavy atom. The van der Waals surface area contributed by atoms with Gasteiger partial charge in [0.05, 0.1) is 5.69 Å². The molecule has 3 aromatic heterocycles. The fourth-order valence-corrected chi connectivity index (χ4v) is 2.38. The zero-order valence-electron chi connectivity index (χ0n) is 10.3. The zero-order chi connectivity index (χ0) is 12.8. The Morgan fingerprint density at radius 1 is 1.11 bits per heavy atom. The van der Waals surface area contributed by atoms with Crippen molar-refractivity contribution in [3.05, 3.63) is 36.7 Å². The lowest BCUT2D eigenvalue weighted by molar-refractivity contribution is 0.764. The molecule has 1 saturated carbocycles. The number of imidazole rings is 1. The van der Waals surface area contributed by atoms with E-state index in [2.05, 4.69) is 19.5 Å². The van der Waals surface area contributed by atoms with Gasteiger partial charge in [-0.15, -0.1) is 0 Å². The molecule has 0 amide bonds. The molecule has 94 valence electrons. The van der Waals surface area contributed by atoms with Crippen molar-refractivity contribution in [3.8, 4) is 11.5 Å². The molecule has 2 N–H and O–H groups in total. The van der Waals surface area contributed by atoms with Crippen LogP contribution in [0.3, 0.4) is 0 Å². The van der Waals surface area contributed by atoms with Crippen LogP contribution in [0.4, 0.5) is 5.69 Å². The number of fused-ring (bicyclic) bond motifs is 1. The fraction of sp³-hybridized carbons (Fsp3) is 0.214. The number of pyridine rings is 2. The maximum Gasteiger partial charge on any atom is 0.163 e. The van der Waals surface area contributed by atoms with Gasteiger partial charge in [0.2, 0.25) is 0 Å². The first-order valence-electron chi connectivity index (χ1n) is 6.38. The second kappa shape index (κ2) is 3.78. The van der Waals surface area contributed by atoms with Gasteiger partial charge in [-0.2, -0.15) is 0 Å². The van der Waals surface area contributed by atoms with E-state index in [-0.39, 0.29) is 0 Å². The predicted molar refractivity (Wildman–Crippen MR) is 73.4 cm³/mol. The summed E-state index contributed by atoms with van der Waals surface area (Å²) in [6.45, 7) is 0. The standard InChI is InChI=1S/C14H13N5/c15-10-3-1-7-16-12(10)14-18-11-4-2-8-17-13(11)19(14)9-5-6-9/h1-4,7-9H,5-6,15H2. The van der Waals surface area contributed by atoms with Gasteiger partial charge in [0.1, 0.15) is 11.2 Å². The van der Waals surface area contributed by atoms with Gasteiger partial charge in [-0.25, -0.2) is 9.97 Å². The number of anilines is 1. The summed E-state index contributed by atoms with van der Waals surface area (Å²) in [6.07, 6.45) is 5.88. The average molecular weight is 251 g/mol. The van der Waals surface area contributed by atoms with Crippen molar-refractivity contribution in [3.63, 3.8) is 0 Å². The first-order valence-corrected chi connectivity index (χ1v) is 6.38. The van der Waals surface area contributed by atoms with Crippen molar-refractivity contribution < 1.29 is 0 Å². The largest absolute Gasteiger partial charge is 0.397 e. The van der Waals surface area contributed by atoms with Gasteiger partial charge in [-0.1, -0.05) is 0 Å². The van der Waals surface area contributed by atoms with E-state index in [1.54, 1.807) is 12.4 Å². The molecule has 5 heteroatoms. The molecule has 0 aromatic carbocycles. The van der Waals surface area contributed by atoms with Crippen molar-refractivity contribution in [2.24, 2.45) is 0 Å². The summed E-state index contributed by atoms with van der Waals surface area (Å²) in [6, 6.07) is 8.05. The molecular weight excluding hydrogens is 238 g/mol. The van der Waals surface area contributed by atoms with Crippen LogP contribution in [0.2, 0.25) is 0 Å². The highest BCUT2D eigenvalue weighted by molar-refractivity contribution is 5.79. The number of aromatic nitrogens is 4. The molecule has 0 aliphatic heterocycles. The molecule has 19 heavy (non-hydrogen) atoms. The summed E-state index contributed by atoms with van der Waals surface area (Å²) in [5.74, 6) is 0.828. The third-order valence-electron chi connectivity index (χ3n) is 3.41. The minimum Gasteiger partial charge on any atom is -0.397 e. The molecule has 0 spiro atoms. The Hall–Kier alpha value is -2.43. The minimum absolute atomic E-state index is 0.483. The van der Waals surface area contributed by atoms with Gasteiger partial charge in [0.25, 0.3) is 0 Å². The van der Waals surface area contributed by atoms with Crippen LogP contribution in [0.1, 0.15) is 18.9 Å². The topological polar surface area (TPSA) is 69.6 Å². The summed E-state index contributed by atoms with van der Waals surface area (Å²) in [5, 5.41) is 0. The van der Waals surface area contributed by atoms with Gasteiger partial charge in [0, 0.05) is 18.4 Å². The molecule has 0 bridgehead atoms. The third-order valence-corrected chi connectivity index (χ3v) is 3.41.